The summed E-state index contributed by atoms with van der Waals surface area (Å²) in [7, 11) is 0. The Morgan fingerprint density at radius 2 is 1.52 bits per heavy atom. The van der Waals surface area contributed by atoms with Gasteiger partial charge in [0.2, 0.25) is 0 Å². The van der Waals surface area contributed by atoms with Crippen LogP contribution < -0.4 is 5.32 Å². The number of nitrogens with one attached hydrogen (secondary N) is 1. The molecule has 0 heterocycles. The summed E-state index contributed by atoms with van der Waals surface area (Å²) in [5.74, 6) is 0.371. The first-order valence-corrected chi connectivity index (χ1v) is 9.34. The molecule has 0 radical (unpaired) electrons. The average Bonchev–Trinajstić information content (AvgIpc) is 2.68. The van der Waals surface area contributed by atoms with E-state index in [1.54, 1.807) is 0 Å². The van der Waals surface area contributed by atoms with Crippen molar-refractivity contribution < 1.29 is 5.11 Å². The smallest absolute Gasteiger partial charge is 0.121 e. The molecule has 3 aromatic rings. The van der Waals surface area contributed by atoms with E-state index < -0.39 is 0 Å². The monoisotopic (exact) mass is 331 g/mol. The Kier molecular flexibility index (Phi) is 4.71. The quantitative estimate of drug-likeness (QED) is 0.656. The van der Waals surface area contributed by atoms with Crippen molar-refractivity contribution in [2.75, 3.05) is 0 Å². The van der Waals surface area contributed by atoms with Crippen LogP contribution in [0.1, 0.15) is 49.3 Å². The van der Waals surface area contributed by atoms with Crippen LogP contribution in [-0.4, -0.2) is 11.1 Å². The van der Waals surface area contributed by atoms with Crippen molar-refractivity contribution in [1.29, 1.82) is 0 Å². The fourth-order valence-electron chi connectivity index (χ4n) is 4.08. The lowest BCUT2D eigenvalue weighted by Gasteiger charge is -2.30. The number of fused-ring (bicyclic) bond motifs is 1. The maximum absolute atomic E-state index is 10.7. The van der Waals surface area contributed by atoms with Gasteiger partial charge in [0.25, 0.3) is 0 Å². The van der Waals surface area contributed by atoms with E-state index in [-0.39, 0.29) is 6.04 Å². The van der Waals surface area contributed by atoms with Crippen molar-refractivity contribution in [3.8, 4) is 5.75 Å². The van der Waals surface area contributed by atoms with E-state index >= 15 is 0 Å². The minimum atomic E-state index is 0.00963. The van der Waals surface area contributed by atoms with Gasteiger partial charge in [0.05, 0.1) is 6.04 Å². The van der Waals surface area contributed by atoms with Gasteiger partial charge in [-0.15, -0.1) is 0 Å². The van der Waals surface area contributed by atoms with Gasteiger partial charge in [-0.1, -0.05) is 79.9 Å². The summed E-state index contributed by atoms with van der Waals surface area (Å²) >= 11 is 0. The van der Waals surface area contributed by atoms with Gasteiger partial charge >= 0.3 is 0 Å². The lowest BCUT2D eigenvalue weighted by Crippen LogP contribution is -2.35. The molecule has 128 valence electrons. The summed E-state index contributed by atoms with van der Waals surface area (Å²) in [6.45, 7) is 0. The molecular formula is C23H25NO. The van der Waals surface area contributed by atoms with Gasteiger partial charge in [-0.25, -0.2) is 0 Å². The molecule has 1 fully saturated rings. The van der Waals surface area contributed by atoms with Crippen LogP contribution in [0.5, 0.6) is 5.75 Å². The molecule has 25 heavy (non-hydrogen) atoms. The van der Waals surface area contributed by atoms with Crippen molar-refractivity contribution in [3.05, 3.63) is 77.9 Å². The number of phenolic OH excluding ortho intramolecular Hbond substituents is 1. The van der Waals surface area contributed by atoms with Gasteiger partial charge in [0.15, 0.2) is 0 Å². The second-order valence-electron chi connectivity index (χ2n) is 7.06. The van der Waals surface area contributed by atoms with Crippen molar-refractivity contribution >= 4 is 10.8 Å². The maximum Gasteiger partial charge on any atom is 0.121 e. The van der Waals surface area contributed by atoms with E-state index in [1.807, 2.05) is 24.3 Å². The summed E-state index contributed by atoms with van der Waals surface area (Å²) in [6.07, 6.45) is 6.36. The van der Waals surface area contributed by atoms with Gasteiger partial charge in [-0.05, 0) is 35.2 Å². The molecule has 0 saturated heterocycles. The van der Waals surface area contributed by atoms with Crippen LogP contribution in [0.3, 0.4) is 0 Å². The summed E-state index contributed by atoms with van der Waals surface area (Å²) in [5.41, 5.74) is 2.20. The Bertz CT molecular complexity index is 837. The molecule has 1 unspecified atom stereocenters. The van der Waals surface area contributed by atoms with Crippen LogP contribution in [0.4, 0.5) is 0 Å². The summed E-state index contributed by atoms with van der Waals surface area (Å²) < 4.78 is 0. The average molecular weight is 331 g/mol. The SMILES string of the molecule is Oc1ccc2ccccc2c1C(NC1CCCCC1)c1ccccc1. The van der Waals surface area contributed by atoms with Crippen LogP contribution in [0.15, 0.2) is 66.7 Å². The number of aromatic hydroxyl groups is 1. The Morgan fingerprint density at radius 1 is 0.800 bits per heavy atom. The number of hydrogen-bond donors (Lipinski definition) is 2. The van der Waals surface area contributed by atoms with Crippen LogP contribution in [0.2, 0.25) is 0 Å². The first-order valence-electron chi connectivity index (χ1n) is 9.34. The summed E-state index contributed by atoms with van der Waals surface area (Å²) in [5, 5.41) is 16.9. The molecule has 2 N–H and O–H groups in total. The summed E-state index contributed by atoms with van der Waals surface area (Å²) in [4.78, 5) is 0. The Labute approximate surface area is 149 Å². The molecule has 3 aromatic carbocycles. The highest BCUT2D eigenvalue weighted by molar-refractivity contribution is 5.88. The van der Waals surface area contributed by atoms with E-state index in [0.717, 1.165) is 10.9 Å². The highest BCUT2D eigenvalue weighted by Gasteiger charge is 2.24. The molecule has 0 aromatic heterocycles. The zero-order valence-electron chi connectivity index (χ0n) is 14.5. The van der Waals surface area contributed by atoms with Crippen LogP contribution in [0.25, 0.3) is 10.8 Å². The molecule has 1 aliphatic carbocycles. The van der Waals surface area contributed by atoms with E-state index in [2.05, 4.69) is 47.8 Å². The van der Waals surface area contributed by atoms with Crippen molar-refractivity contribution in [2.24, 2.45) is 0 Å². The van der Waals surface area contributed by atoms with E-state index in [4.69, 9.17) is 0 Å². The minimum absolute atomic E-state index is 0.00963. The van der Waals surface area contributed by atoms with Crippen LogP contribution >= 0.6 is 0 Å². The van der Waals surface area contributed by atoms with Crippen LogP contribution in [0, 0.1) is 0 Å². The molecule has 2 heteroatoms. The first kappa shape index (κ1) is 16.2. The predicted molar refractivity (Wildman–Crippen MR) is 104 cm³/mol. The third kappa shape index (κ3) is 3.40. The molecule has 0 spiro atoms. The zero-order chi connectivity index (χ0) is 17.1. The molecule has 0 aliphatic heterocycles. The topological polar surface area (TPSA) is 32.3 Å². The van der Waals surface area contributed by atoms with Crippen molar-refractivity contribution in [2.45, 2.75) is 44.2 Å². The minimum Gasteiger partial charge on any atom is -0.508 e. The lowest BCUT2D eigenvalue weighted by molar-refractivity contribution is 0.351. The molecule has 2 nitrogen and oxygen atoms in total. The lowest BCUT2D eigenvalue weighted by atomic mass is 9.89. The van der Waals surface area contributed by atoms with Crippen molar-refractivity contribution in [1.82, 2.24) is 5.32 Å². The van der Waals surface area contributed by atoms with Gasteiger partial charge in [0, 0.05) is 11.6 Å². The Balaban J connectivity index is 1.82. The predicted octanol–water partition coefficient (Wildman–Crippen LogP) is 5.56. The first-order chi connectivity index (χ1) is 12.3. The normalized spacial score (nSPS) is 16.8. The van der Waals surface area contributed by atoms with Gasteiger partial charge in [-0.3, -0.25) is 0 Å². The zero-order valence-corrected chi connectivity index (χ0v) is 14.5. The van der Waals surface area contributed by atoms with Gasteiger partial charge in [-0.2, -0.15) is 0 Å². The molecule has 1 atom stereocenters. The molecule has 1 saturated carbocycles. The highest BCUT2D eigenvalue weighted by atomic mass is 16.3. The Hall–Kier alpha value is -2.32. The Morgan fingerprint density at radius 3 is 2.32 bits per heavy atom. The van der Waals surface area contributed by atoms with E-state index in [0.29, 0.717) is 11.8 Å². The molecule has 1 aliphatic rings. The fourth-order valence-corrected chi connectivity index (χ4v) is 4.08. The van der Waals surface area contributed by atoms with Gasteiger partial charge < -0.3 is 10.4 Å². The van der Waals surface area contributed by atoms with Gasteiger partial charge in [0.1, 0.15) is 5.75 Å². The maximum atomic E-state index is 10.7. The third-order valence-electron chi connectivity index (χ3n) is 5.38. The largest absolute Gasteiger partial charge is 0.508 e. The standard InChI is InChI=1S/C23H25NO/c25-21-16-15-17-9-7-8-14-20(17)22(21)23(18-10-3-1-4-11-18)24-19-12-5-2-6-13-19/h1,3-4,7-11,14-16,19,23-25H,2,5-6,12-13H2. The number of rotatable bonds is 4. The number of phenols is 1. The summed E-state index contributed by atoms with van der Waals surface area (Å²) in [6, 6.07) is 23.2. The van der Waals surface area contributed by atoms with E-state index in [9.17, 15) is 5.11 Å². The number of hydrogen-bond acceptors (Lipinski definition) is 2. The molecule has 0 amide bonds. The van der Waals surface area contributed by atoms with Crippen LogP contribution in [-0.2, 0) is 0 Å². The number of benzene rings is 3. The van der Waals surface area contributed by atoms with Crippen molar-refractivity contribution in [3.63, 3.8) is 0 Å². The highest BCUT2D eigenvalue weighted by Crippen LogP contribution is 2.36. The second kappa shape index (κ2) is 7.28. The fraction of sp³-hybridized carbons (Fsp3) is 0.304. The second-order valence-corrected chi connectivity index (χ2v) is 7.06. The van der Waals surface area contributed by atoms with E-state index in [1.165, 1.54) is 43.1 Å². The molecular weight excluding hydrogens is 306 g/mol. The molecule has 4 rings (SSSR count). The third-order valence-corrected chi connectivity index (χ3v) is 5.38. The molecule has 0 bridgehead atoms.